The third-order valence-electron chi connectivity index (χ3n) is 4.54. The van der Waals surface area contributed by atoms with Crippen molar-refractivity contribution in [2.45, 2.75) is 39.7 Å². The number of rotatable bonds is 0. The van der Waals surface area contributed by atoms with Crippen LogP contribution in [0.2, 0.25) is 0 Å². The molecule has 0 aliphatic heterocycles. The van der Waals surface area contributed by atoms with Gasteiger partial charge in [0.25, 0.3) is 0 Å². The van der Waals surface area contributed by atoms with E-state index in [0.717, 1.165) is 17.8 Å². The molecule has 1 nitrogen and oxygen atoms in total. The van der Waals surface area contributed by atoms with Crippen LogP contribution in [0.5, 0.6) is 0 Å². The third kappa shape index (κ3) is 0.752. The zero-order valence-corrected chi connectivity index (χ0v) is 7.80. The van der Waals surface area contributed by atoms with E-state index in [0.29, 0.717) is 11.5 Å². The van der Waals surface area contributed by atoms with Crippen molar-refractivity contribution in [2.24, 2.45) is 28.9 Å². The Balaban J connectivity index is 2.31. The van der Waals surface area contributed by atoms with Crippen LogP contribution in [-0.2, 0) is 0 Å². The fourth-order valence-electron chi connectivity index (χ4n) is 3.40. The lowest BCUT2D eigenvalue weighted by molar-refractivity contribution is 0.137. The first-order valence-corrected chi connectivity index (χ1v) is 4.80. The summed E-state index contributed by atoms with van der Waals surface area (Å²) in [6.45, 7) is 7.16. The maximum absolute atomic E-state index is 6.15. The molecule has 0 spiro atoms. The fourth-order valence-corrected chi connectivity index (χ4v) is 3.40. The van der Waals surface area contributed by atoms with Gasteiger partial charge in [-0.2, -0.15) is 0 Å². The Labute approximate surface area is 69.4 Å². The molecule has 0 aromatic rings. The van der Waals surface area contributed by atoms with Crippen molar-refractivity contribution in [2.75, 3.05) is 0 Å². The van der Waals surface area contributed by atoms with Gasteiger partial charge < -0.3 is 5.73 Å². The zero-order valence-electron chi connectivity index (χ0n) is 7.80. The fraction of sp³-hybridized carbons (Fsp3) is 1.00. The van der Waals surface area contributed by atoms with Gasteiger partial charge in [0.2, 0.25) is 0 Å². The smallest absolute Gasteiger partial charge is 0.0104 e. The van der Waals surface area contributed by atoms with Crippen LogP contribution in [0.1, 0.15) is 33.6 Å². The van der Waals surface area contributed by atoms with Crippen LogP contribution in [0.3, 0.4) is 0 Å². The maximum atomic E-state index is 6.15. The molecule has 0 aromatic carbocycles. The minimum absolute atomic E-state index is 0.514. The summed E-state index contributed by atoms with van der Waals surface area (Å²) in [4.78, 5) is 0. The Kier molecular flexibility index (Phi) is 1.39. The quantitative estimate of drug-likeness (QED) is 0.566. The zero-order chi connectivity index (χ0) is 8.22. The molecular weight excluding hydrogens is 134 g/mol. The van der Waals surface area contributed by atoms with Crippen molar-refractivity contribution in [3.63, 3.8) is 0 Å². The van der Waals surface area contributed by atoms with Gasteiger partial charge in [0.15, 0.2) is 0 Å². The minimum Gasteiger partial charge on any atom is -0.327 e. The second kappa shape index (κ2) is 2.01. The molecular formula is C10H19N. The van der Waals surface area contributed by atoms with Crippen molar-refractivity contribution in [1.82, 2.24) is 0 Å². The summed E-state index contributed by atoms with van der Waals surface area (Å²) in [7, 11) is 0. The molecule has 0 heterocycles. The van der Waals surface area contributed by atoms with Crippen molar-refractivity contribution >= 4 is 0 Å². The molecule has 0 aromatic heterocycles. The standard InChI is InChI=1S/C10H19N/c1-6-7-4-5-8(9(7)11)10(6,2)3/h6-9H,4-5,11H2,1-3H3/t6?,7?,8-,9?/m0/s1. The molecule has 0 saturated heterocycles. The van der Waals surface area contributed by atoms with E-state index < -0.39 is 0 Å². The lowest BCUT2D eigenvalue weighted by Gasteiger charge is -2.35. The maximum Gasteiger partial charge on any atom is 0.0104 e. The van der Waals surface area contributed by atoms with Crippen LogP contribution >= 0.6 is 0 Å². The van der Waals surface area contributed by atoms with Gasteiger partial charge >= 0.3 is 0 Å². The molecule has 2 aliphatic rings. The van der Waals surface area contributed by atoms with Crippen LogP contribution in [0.15, 0.2) is 0 Å². The molecule has 0 radical (unpaired) electrons. The van der Waals surface area contributed by atoms with Crippen molar-refractivity contribution in [3.05, 3.63) is 0 Å². The molecule has 0 amide bonds. The predicted octanol–water partition coefficient (Wildman–Crippen LogP) is 2.02. The average molecular weight is 153 g/mol. The van der Waals surface area contributed by atoms with Gasteiger partial charge in [0, 0.05) is 6.04 Å². The first-order chi connectivity index (χ1) is 5.05. The van der Waals surface area contributed by atoms with Gasteiger partial charge in [-0.1, -0.05) is 20.8 Å². The monoisotopic (exact) mass is 153 g/mol. The summed E-state index contributed by atoms with van der Waals surface area (Å²) in [5.74, 6) is 2.48. The summed E-state index contributed by atoms with van der Waals surface area (Å²) >= 11 is 0. The van der Waals surface area contributed by atoms with Crippen molar-refractivity contribution in [1.29, 1.82) is 0 Å². The second-order valence-electron chi connectivity index (χ2n) is 5.04. The molecule has 11 heavy (non-hydrogen) atoms. The van der Waals surface area contributed by atoms with Crippen LogP contribution in [-0.4, -0.2) is 6.04 Å². The van der Waals surface area contributed by atoms with Gasteiger partial charge in [-0.05, 0) is 36.0 Å². The van der Waals surface area contributed by atoms with Gasteiger partial charge in [0.05, 0.1) is 0 Å². The Bertz CT molecular complexity index is 174. The molecule has 3 unspecified atom stereocenters. The van der Waals surface area contributed by atoms with Gasteiger partial charge in [-0.15, -0.1) is 0 Å². The molecule has 2 rings (SSSR count). The highest BCUT2D eigenvalue weighted by Gasteiger charge is 2.55. The molecule has 2 N–H and O–H groups in total. The SMILES string of the molecule is CC1C2CC[C@@H](C2N)C1(C)C. The number of fused-ring (bicyclic) bond motifs is 2. The molecule has 2 saturated carbocycles. The third-order valence-corrected chi connectivity index (χ3v) is 4.54. The number of nitrogens with two attached hydrogens (primary N) is 1. The van der Waals surface area contributed by atoms with E-state index in [4.69, 9.17) is 5.73 Å². The van der Waals surface area contributed by atoms with Crippen LogP contribution < -0.4 is 5.73 Å². The first-order valence-electron chi connectivity index (χ1n) is 4.80. The molecule has 2 aliphatic carbocycles. The first kappa shape index (κ1) is 7.60. The summed E-state index contributed by atoms with van der Waals surface area (Å²) in [5.41, 5.74) is 6.67. The number of hydrogen-bond donors (Lipinski definition) is 1. The number of hydrogen-bond acceptors (Lipinski definition) is 1. The minimum atomic E-state index is 0.514. The Hall–Kier alpha value is -0.0400. The highest BCUT2D eigenvalue weighted by Crippen LogP contribution is 2.58. The van der Waals surface area contributed by atoms with Gasteiger partial charge in [-0.3, -0.25) is 0 Å². The van der Waals surface area contributed by atoms with E-state index in [1.807, 2.05) is 0 Å². The molecule has 4 atom stereocenters. The van der Waals surface area contributed by atoms with E-state index in [-0.39, 0.29) is 0 Å². The highest BCUT2D eigenvalue weighted by atomic mass is 14.8. The summed E-state index contributed by atoms with van der Waals surface area (Å²) in [5, 5.41) is 0. The largest absolute Gasteiger partial charge is 0.327 e. The Morgan fingerprint density at radius 2 is 1.91 bits per heavy atom. The normalized spacial score (nSPS) is 53.5. The second-order valence-corrected chi connectivity index (χ2v) is 5.04. The van der Waals surface area contributed by atoms with Crippen LogP contribution in [0, 0.1) is 23.2 Å². The molecule has 64 valence electrons. The van der Waals surface area contributed by atoms with E-state index in [2.05, 4.69) is 20.8 Å². The van der Waals surface area contributed by atoms with E-state index in [9.17, 15) is 0 Å². The lowest BCUT2D eigenvalue weighted by Crippen LogP contribution is -2.30. The van der Waals surface area contributed by atoms with Crippen LogP contribution in [0.4, 0.5) is 0 Å². The lowest BCUT2D eigenvalue weighted by atomic mass is 9.70. The van der Waals surface area contributed by atoms with E-state index in [1.165, 1.54) is 12.8 Å². The topological polar surface area (TPSA) is 26.0 Å². The Morgan fingerprint density at radius 1 is 1.27 bits per heavy atom. The predicted molar refractivity (Wildman–Crippen MR) is 47.1 cm³/mol. The highest BCUT2D eigenvalue weighted by molar-refractivity contribution is 5.07. The molecule has 2 fully saturated rings. The van der Waals surface area contributed by atoms with Gasteiger partial charge in [0.1, 0.15) is 0 Å². The summed E-state index contributed by atoms with van der Waals surface area (Å²) in [6, 6.07) is 0.514. The summed E-state index contributed by atoms with van der Waals surface area (Å²) < 4.78 is 0. The Morgan fingerprint density at radius 3 is 2.18 bits per heavy atom. The molecule has 1 heteroatoms. The molecule has 2 bridgehead atoms. The van der Waals surface area contributed by atoms with Gasteiger partial charge in [-0.25, -0.2) is 0 Å². The van der Waals surface area contributed by atoms with Crippen LogP contribution in [0.25, 0.3) is 0 Å². The summed E-state index contributed by atoms with van der Waals surface area (Å²) in [6.07, 6.45) is 2.76. The van der Waals surface area contributed by atoms with E-state index >= 15 is 0 Å². The van der Waals surface area contributed by atoms with Crippen molar-refractivity contribution in [3.8, 4) is 0 Å². The van der Waals surface area contributed by atoms with E-state index in [1.54, 1.807) is 0 Å². The average Bonchev–Trinajstić information content (AvgIpc) is 2.34. The van der Waals surface area contributed by atoms with Crippen molar-refractivity contribution < 1.29 is 0 Å².